The summed E-state index contributed by atoms with van der Waals surface area (Å²) in [6.07, 6.45) is 2.19. The van der Waals surface area contributed by atoms with E-state index in [9.17, 15) is 14.9 Å². The first kappa shape index (κ1) is 19.9. The van der Waals surface area contributed by atoms with Gasteiger partial charge in [0.25, 0.3) is 11.5 Å². The number of nitriles is 1. The van der Waals surface area contributed by atoms with Gasteiger partial charge in [-0.1, -0.05) is 18.2 Å². The first-order valence-electron chi connectivity index (χ1n) is 9.59. The number of furan rings is 1. The highest BCUT2D eigenvalue weighted by molar-refractivity contribution is 6.06. The number of rotatable bonds is 6. The minimum atomic E-state index is -0.437. The van der Waals surface area contributed by atoms with Crippen LogP contribution >= 0.6 is 0 Å². The SMILES string of the molecule is Cc1oc2nc[nH]c(=O)c2c1C(=O)NCCCc1nn(-c2ccccc2)c(N)c1C#N. The maximum Gasteiger partial charge on any atom is 0.262 e. The molecule has 4 N–H and O–H groups in total. The molecule has 0 spiro atoms. The highest BCUT2D eigenvalue weighted by atomic mass is 16.3. The van der Waals surface area contributed by atoms with E-state index >= 15 is 0 Å². The van der Waals surface area contributed by atoms with Crippen molar-refractivity contribution in [1.82, 2.24) is 25.1 Å². The summed E-state index contributed by atoms with van der Waals surface area (Å²) in [6, 6.07) is 11.4. The molecule has 0 aliphatic heterocycles. The molecule has 3 aromatic heterocycles. The fourth-order valence-corrected chi connectivity index (χ4v) is 3.41. The Bertz CT molecular complexity index is 1360. The average Bonchev–Trinajstić information content (AvgIpc) is 3.28. The maximum absolute atomic E-state index is 12.6. The predicted octanol–water partition coefficient (Wildman–Crippen LogP) is 1.83. The number of carbonyl (C=O) groups is 1. The molecule has 0 aliphatic rings. The van der Waals surface area contributed by atoms with Gasteiger partial charge in [-0.15, -0.1) is 0 Å². The number of aryl methyl sites for hydroxylation is 2. The quantitative estimate of drug-likeness (QED) is 0.404. The Hall–Kier alpha value is -4.39. The summed E-state index contributed by atoms with van der Waals surface area (Å²) < 4.78 is 6.94. The summed E-state index contributed by atoms with van der Waals surface area (Å²) in [7, 11) is 0. The number of hydrogen-bond donors (Lipinski definition) is 3. The van der Waals surface area contributed by atoms with Crippen molar-refractivity contribution < 1.29 is 9.21 Å². The van der Waals surface area contributed by atoms with Gasteiger partial charge in [0.15, 0.2) is 0 Å². The van der Waals surface area contributed by atoms with Crippen molar-refractivity contribution in [2.45, 2.75) is 19.8 Å². The fraction of sp³-hybridized carbons (Fsp3) is 0.190. The Labute approximate surface area is 176 Å². The second-order valence-corrected chi connectivity index (χ2v) is 6.87. The average molecular weight is 417 g/mol. The Kier molecular flexibility index (Phi) is 5.24. The van der Waals surface area contributed by atoms with E-state index in [-0.39, 0.29) is 22.5 Å². The number of H-pyrrole nitrogens is 1. The number of nitrogens with two attached hydrogens (primary N) is 1. The van der Waals surface area contributed by atoms with Gasteiger partial charge in [0, 0.05) is 6.54 Å². The van der Waals surface area contributed by atoms with Crippen LogP contribution in [0.2, 0.25) is 0 Å². The maximum atomic E-state index is 12.6. The molecule has 31 heavy (non-hydrogen) atoms. The summed E-state index contributed by atoms with van der Waals surface area (Å²) in [5.74, 6) is 0.169. The molecule has 0 aliphatic carbocycles. The van der Waals surface area contributed by atoms with Gasteiger partial charge < -0.3 is 20.5 Å². The van der Waals surface area contributed by atoms with E-state index in [1.807, 2.05) is 30.3 Å². The summed E-state index contributed by atoms with van der Waals surface area (Å²) in [4.78, 5) is 31.1. The summed E-state index contributed by atoms with van der Waals surface area (Å²) in [5.41, 5.74) is 7.60. The van der Waals surface area contributed by atoms with Crippen LogP contribution in [-0.2, 0) is 6.42 Å². The van der Waals surface area contributed by atoms with E-state index in [0.717, 1.165) is 5.69 Å². The molecule has 10 heteroatoms. The van der Waals surface area contributed by atoms with Crippen LogP contribution in [0.15, 0.2) is 45.9 Å². The minimum Gasteiger partial charge on any atom is -0.442 e. The van der Waals surface area contributed by atoms with Crippen molar-refractivity contribution in [2.24, 2.45) is 0 Å². The number of hydrogen-bond acceptors (Lipinski definition) is 7. The molecule has 1 amide bonds. The Balaban J connectivity index is 1.45. The van der Waals surface area contributed by atoms with Gasteiger partial charge in [0.1, 0.15) is 28.6 Å². The number of nitrogens with one attached hydrogen (secondary N) is 2. The van der Waals surface area contributed by atoms with Gasteiger partial charge in [-0.25, -0.2) is 9.67 Å². The first-order valence-corrected chi connectivity index (χ1v) is 9.59. The topological polar surface area (TPSA) is 156 Å². The van der Waals surface area contributed by atoms with Gasteiger partial charge >= 0.3 is 0 Å². The fourth-order valence-electron chi connectivity index (χ4n) is 3.41. The first-order chi connectivity index (χ1) is 15.0. The largest absolute Gasteiger partial charge is 0.442 e. The summed E-state index contributed by atoms with van der Waals surface area (Å²) in [5, 5.41) is 16.9. The van der Waals surface area contributed by atoms with E-state index < -0.39 is 11.5 Å². The number of amides is 1. The van der Waals surface area contributed by atoms with Gasteiger partial charge in [0.05, 0.1) is 23.3 Å². The molecule has 0 fully saturated rings. The van der Waals surface area contributed by atoms with E-state index in [4.69, 9.17) is 10.2 Å². The van der Waals surface area contributed by atoms with Crippen molar-refractivity contribution >= 4 is 22.8 Å². The lowest BCUT2D eigenvalue weighted by Crippen LogP contribution is -2.26. The zero-order valence-electron chi connectivity index (χ0n) is 16.7. The highest BCUT2D eigenvalue weighted by Crippen LogP contribution is 2.22. The van der Waals surface area contributed by atoms with Crippen LogP contribution in [0.5, 0.6) is 0 Å². The Morgan fingerprint density at radius 1 is 1.35 bits per heavy atom. The number of anilines is 1. The number of aromatic amines is 1. The molecule has 1 aromatic carbocycles. The molecule has 156 valence electrons. The second-order valence-electron chi connectivity index (χ2n) is 6.87. The van der Waals surface area contributed by atoms with Crippen molar-refractivity contribution in [3.63, 3.8) is 0 Å². The number of nitrogen functional groups attached to an aromatic ring is 1. The zero-order chi connectivity index (χ0) is 22.0. The smallest absolute Gasteiger partial charge is 0.262 e. The van der Waals surface area contributed by atoms with Gasteiger partial charge in [0.2, 0.25) is 5.71 Å². The lowest BCUT2D eigenvalue weighted by molar-refractivity contribution is 0.0953. The van der Waals surface area contributed by atoms with Crippen molar-refractivity contribution in [2.75, 3.05) is 12.3 Å². The number of aromatic nitrogens is 4. The van der Waals surface area contributed by atoms with E-state index in [1.54, 1.807) is 6.92 Å². The molecule has 0 bridgehead atoms. The highest BCUT2D eigenvalue weighted by Gasteiger charge is 2.21. The lowest BCUT2D eigenvalue weighted by Gasteiger charge is -2.04. The van der Waals surface area contributed by atoms with Crippen molar-refractivity contribution in [1.29, 1.82) is 5.26 Å². The molecular weight excluding hydrogens is 398 g/mol. The molecule has 0 saturated heterocycles. The third kappa shape index (κ3) is 3.64. The standard InChI is InChI=1S/C21H19N7O3/c1-12-16(17-20(30)25-11-26-21(17)31-12)19(29)24-9-5-8-15-14(10-22)18(23)28(27-15)13-6-3-2-4-7-13/h2-4,6-7,11H,5,8-9,23H2,1H3,(H,24,29)(H,25,26,30). The van der Waals surface area contributed by atoms with Crippen LogP contribution in [-0.4, -0.2) is 32.2 Å². The lowest BCUT2D eigenvalue weighted by atomic mass is 10.1. The number of benzene rings is 1. The third-order valence-electron chi connectivity index (χ3n) is 4.88. The molecule has 3 heterocycles. The van der Waals surface area contributed by atoms with Crippen LogP contribution in [0.4, 0.5) is 5.82 Å². The van der Waals surface area contributed by atoms with Crippen LogP contribution in [0.3, 0.4) is 0 Å². The normalized spacial score (nSPS) is 10.8. The van der Waals surface area contributed by atoms with Gasteiger partial charge in [-0.2, -0.15) is 10.4 Å². The molecule has 4 aromatic rings. The molecule has 0 saturated carbocycles. The molecular formula is C21H19N7O3. The Morgan fingerprint density at radius 2 is 2.13 bits per heavy atom. The summed E-state index contributed by atoms with van der Waals surface area (Å²) >= 11 is 0. The zero-order valence-corrected chi connectivity index (χ0v) is 16.7. The number of nitrogens with zero attached hydrogens (tertiary/aromatic N) is 4. The monoisotopic (exact) mass is 417 g/mol. The van der Waals surface area contributed by atoms with Crippen LogP contribution < -0.4 is 16.6 Å². The molecule has 4 rings (SSSR count). The second kappa shape index (κ2) is 8.16. The Morgan fingerprint density at radius 3 is 2.87 bits per heavy atom. The van der Waals surface area contributed by atoms with Crippen LogP contribution in [0.1, 0.15) is 33.8 Å². The number of carbonyl (C=O) groups excluding carboxylic acids is 1. The molecule has 0 unspecified atom stereocenters. The van der Waals surface area contributed by atoms with Gasteiger partial charge in [-0.05, 0) is 31.9 Å². The summed E-state index contributed by atoms with van der Waals surface area (Å²) in [6.45, 7) is 1.92. The van der Waals surface area contributed by atoms with Crippen molar-refractivity contribution in [3.05, 3.63) is 69.6 Å². The van der Waals surface area contributed by atoms with Gasteiger partial charge in [-0.3, -0.25) is 9.59 Å². The van der Waals surface area contributed by atoms with E-state index in [2.05, 4.69) is 26.5 Å². The predicted molar refractivity (Wildman–Crippen MR) is 113 cm³/mol. The molecule has 0 radical (unpaired) electrons. The van der Waals surface area contributed by atoms with E-state index in [1.165, 1.54) is 11.0 Å². The van der Waals surface area contributed by atoms with E-state index in [0.29, 0.717) is 36.4 Å². The molecule has 10 nitrogen and oxygen atoms in total. The number of para-hydroxylation sites is 1. The van der Waals surface area contributed by atoms with Crippen LogP contribution in [0.25, 0.3) is 16.8 Å². The third-order valence-corrected chi connectivity index (χ3v) is 4.88. The van der Waals surface area contributed by atoms with Crippen molar-refractivity contribution in [3.8, 4) is 11.8 Å². The number of fused-ring (bicyclic) bond motifs is 1. The molecule has 0 atom stereocenters. The minimum absolute atomic E-state index is 0.118. The van der Waals surface area contributed by atoms with Crippen LogP contribution in [0, 0.1) is 18.3 Å².